The van der Waals surface area contributed by atoms with Gasteiger partial charge in [0.2, 0.25) is 21.8 Å². The number of hydrogen-bond donors (Lipinski definition) is 0. The number of carbonyl (C=O) groups excluding carboxylic acids is 1. The molecule has 3 heterocycles. The highest BCUT2D eigenvalue weighted by Gasteiger charge is 2.38. The lowest BCUT2D eigenvalue weighted by atomic mass is 9.96. The van der Waals surface area contributed by atoms with E-state index < -0.39 is 26.6 Å². The zero-order valence-corrected chi connectivity index (χ0v) is 17.2. The van der Waals surface area contributed by atoms with Crippen molar-refractivity contribution in [1.82, 2.24) is 19.3 Å². The molecule has 0 radical (unpaired) electrons. The van der Waals surface area contributed by atoms with Crippen LogP contribution in [0.2, 0.25) is 0 Å². The Balaban J connectivity index is 1.32. The average Bonchev–Trinajstić information content (AvgIpc) is 3.12. The second kappa shape index (κ2) is 8.03. The van der Waals surface area contributed by atoms with Gasteiger partial charge in [0, 0.05) is 51.5 Å². The number of rotatable bonds is 5. The highest BCUT2D eigenvalue weighted by Crippen LogP contribution is 2.29. The molecule has 2 aromatic rings. The zero-order valence-electron chi connectivity index (χ0n) is 16.4. The molecule has 4 rings (SSSR count). The minimum atomic E-state index is -3.94. The van der Waals surface area contributed by atoms with Gasteiger partial charge in [0.05, 0.1) is 4.90 Å². The summed E-state index contributed by atoms with van der Waals surface area (Å²) in [6, 6.07) is 2.26. The number of amides is 1. The first-order valence-corrected chi connectivity index (χ1v) is 11.2. The molecule has 1 amide bonds. The lowest BCUT2D eigenvalue weighted by molar-refractivity contribution is -0.129. The van der Waals surface area contributed by atoms with Crippen LogP contribution in [0.4, 0.5) is 8.78 Å². The van der Waals surface area contributed by atoms with Crippen molar-refractivity contribution in [2.75, 3.05) is 26.2 Å². The molecule has 0 unspecified atom stereocenters. The van der Waals surface area contributed by atoms with Crippen LogP contribution < -0.4 is 0 Å². The number of sulfonamides is 1. The van der Waals surface area contributed by atoms with E-state index in [1.165, 1.54) is 4.31 Å². The molecule has 0 bridgehead atoms. The number of benzene rings is 1. The quantitative estimate of drug-likeness (QED) is 0.705. The summed E-state index contributed by atoms with van der Waals surface area (Å²) in [7, 11) is -3.94. The first-order valence-electron chi connectivity index (χ1n) is 9.76. The van der Waals surface area contributed by atoms with E-state index in [1.54, 1.807) is 11.8 Å². The normalized spacial score (nSPS) is 19.1. The molecular weight excluding hydrogens is 418 g/mol. The lowest BCUT2D eigenvalue weighted by Gasteiger charge is -2.37. The van der Waals surface area contributed by atoms with Gasteiger partial charge in [-0.2, -0.15) is 9.29 Å². The molecule has 30 heavy (non-hydrogen) atoms. The zero-order chi connectivity index (χ0) is 21.5. The molecule has 2 aliphatic heterocycles. The molecule has 2 saturated heterocycles. The summed E-state index contributed by atoms with van der Waals surface area (Å²) in [4.78, 5) is 17.3. The SMILES string of the molecule is CC(=O)N1CCC(c2noc(CC3CN(S(=O)(=O)c4cc(F)cc(F)c4)C3)n2)CC1. The molecular formula is C19H22F2N4O4S. The molecule has 1 aromatic carbocycles. The first kappa shape index (κ1) is 20.9. The fraction of sp³-hybridized carbons (Fsp3) is 0.526. The Morgan fingerprint density at radius 3 is 2.40 bits per heavy atom. The third-order valence-corrected chi connectivity index (χ3v) is 7.46. The summed E-state index contributed by atoms with van der Waals surface area (Å²) in [5.74, 6) is -0.612. The summed E-state index contributed by atoms with van der Waals surface area (Å²) >= 11 is 0. The van der Waals surface area contributed by atoms with Crippen LogP contribution in [0.25, 0.3) is 0 Å². The van der Waals surface area contributed by atoms with Crippen molar-refractivity contribution < 1.29 is 26.5 Å². The number of likely N-dealkylation sites (tertiary alicyclic amines) is 1. The Morgan fingerprint density at radius 1 is 1.17 bits per heavy atom. The topological polar surface area (TPSA) is 96.6 Å². The summed E-state index contributed by atoms with van der Waals surface area (Å²) in [5, 5.41) is 4.05. The molecule has 0 atom stereocenters. The maximum absolute atomic E-state index is 13.4. The van der Waals surface area contributed by atoms with Crippen molar-refractivity contribution in [3.63, 3.8) is 0 Å². The Labute approximate surface area is 172 Å². The van der Waals surface area contributed by atoms with Crippen LogP contribution in [-0.4, -0.2) is 59.8 Å². The number of hydrogen-bond acceptors (Lipinski definition) is 6. The van der Waals surface area contributed by atoms with Gasteiger partial charge in [-0.3, -0.25) is 4.79 Å². The fourth-order valence-electron chi connectivity index (χ4n) is 3.89. The summed E-state index contributed by atoms with van der Waals surface area (Å²) < 4.78 is 58.2. The van der Waals surface area contributed by atoms with Crippen molar-refractivity contribution in [2.45, 2.75) is 37.0 Å². The molecule has 1 aromatic heterocycles. The minimum Gasteiger partial charge on any atom is -0.343 e. The summed E-state index contributed by atoms with van der Waals surface area (Å²) in [5.41, 5.74) is 0. The monoisotopic (exact) mass is 440 g/mol. The number of nitrogens with zero attached hydrogens (tertiary/aromatic N) is 4. The molecule has 0 N–H and O–H groups in total. The standard InChI is InChI=1S/C19H22F2N4O4S/c1-12(26)24-4-2-14(3-5-24)19-22-18(29-23-19)6-13-10-25(11-13)30(27,28)17-8-15(20)7-16(21)9-17/h7-9,13-14H,2-6,10-11H2,1H3. The molecule has 0 spiro atoms. The van der Waals surface area contributed by atoms with E-state index in [9.17, 15) is 22.0 Å². The number of aromatic nitrogens is 2. The van der Waals surface area contributed by atoms with Crippen LogP contribution in [0.3, 0.4) is 0 Å². The van der Waals surface area contributed by atoms with Gasteiger partial charge >= 0.3 is 0 Å². The van der Waals surface area contributed by atoms with Gasteiger partial charge in [-0.25, -0.2) is 17.2 Å². The van der Waals surface area contributed by atoms with Crippen molar-refractivity contribution in [1.29, 1.82) is 0 Å². The third kappa shape index (κ3) is 4.22. The molecule has 2 fully saturated rings. The smallest absolute Gasteiger partial charge is 0.243 e. The van der Waals surface area contributed by atoms with Gasteiger partial charge in [-0.05, 0) is 30.9 Å². The van der Waals surface area contributed by atoms with Gasteiger partial charge in [-0.1, -0.05) is 5.16 Å². The fourth-order valence-corrected chi connectivity index (χ4v) is 5.53. The number of carbonyl (C=O) groups is 1. The van der Waals surface area contributed by atoms with Crippen LogP contribution in [0.15, 0.2) is 27.6 Å². The van der Waals surface area contributed by atoms with Crippen LogP contribution in [0.5, 0.6) is 0 Å². The van der Waals surface area contributed by atoms with E-state index in [-0.39, 0.29) is 30.8 Å². The minimum absolute atomic E-state index is 0.00830. The van der Waals surface area contributed by atoms with E-state index in [1.807, 2.05) is 0 Å². The molecule has 2 aliphatic rings. The van der Waals surface area contributed by atoms with E-state index in [0.717, 1.165) is 25.0 Å². The van der Waals surface area contributed by atoms with Gasteiger partial charge in [-0.15, -0.1) is 0 Å². The second-order valence-electron chi connectivity index (χ2n) is 7.82. The van der Waals surface area contributed by atoms with E-state index in [2.05, 4.69) is 10.1 Å². The van der Waals surface area contributed by atoms with Gasteiger partial charge in [0.1, 0.15) is 11.6 Å². The van der Waals surface area contributed by atoms with E-state index in [4.69, 9.17) is 4.52 Å². The predicted molar refractivity (Wildman–Crippen MR) is 101 cm³/mol. The van der Waals surface area contributed by atoms with Crippen LogP contribution >= 0.6 is 0 Å². The molecule has 0 aliphatic carbocycles. The van der Waals surface area contributed by atoms with Gasteiger partial charge in [0.25, 0.3) is 0 Å². The average molecular weight is 440 g/mol. The number of piperidine rings is 1. The first-order chi connectivity index (χ1) is 14.2. The van der Waals surface area contributed by atoms with Crippen molar-refractivity contribution in [3.05, 3.63) is 41.5 Å². The highest BCUT2D eigenvalue weighted by atomic mass is 32.2. The largest absolute Gasteiger partial charge is 0.343 e. The molecule has 8 nitrogen and oxygen atoms in total. The van der Waals surface area contributed by atoms with Gasteiger partial charge in [0.15, 0.2) is 5.82 Å². The van der Waals surface area contributed by atoms with Crippen LogP contribution in [0.1, 0.15) is 37.4 Å². The lowest BCUT2D eigenvalue weighted by Crippen LogP contribution is -2.50. The highest BCUT2D eigenvalue weighted by molar-refractivity contribution is 7.89. The second-order valence-corrected chi connectivity index (χ2v) is 9.76. The number of halogens is 2. The van der Waals surface area contributed by atoms with Crippen molar-refractivity contribution in [2.24, 2.45) is 5.92 Å². The summed E-state index contributed by atoms with van der Waals surface area (Å²) in [6.45, 7) is 3.32. The van der Waals surface area contributed by atoms with E-state index >= 15 is 0 Å². The van der Waals surface area contributed by atoms with Gasteiger partial charge < -0.3 is 9.42 Å². The van der Waals surface area contributed by atoms with E-state index in [0.29, 0.717) is 37.3 Å². The Bertz CT molecular complexity index is 1020. The Hall–Kier alpha value is -2.40. The maximum atomic E-state index is 13.4. The van der Waals surface area contributed by atoms with Crippen molar-refractivity contribution in [3.8, 4) is 0 Å². The molecule has 162 valence electrons. The van der Waals surface area contributed by atoms with Crippen LogP contribution in [-0.2, 0) is 21.2 Å². The maximum Gasteiger partial charge on any atom is 0.243 e. The van der Waals surface area contributed by atoms with Crippen LogP contribution in [0, 0.1) is 17.6 Å². The third-order valence-electron chi connectivity index (χ3n) is 5.65. The Morgan fingerprint density at radius 2 is 1.80 bits per heavy atom. The Kier molecular flexibility index (Phi) is 5.58. The predicted octanol–water partition coefficient (Wildman–Crippen LogP) is 1.94. The molecule has 11 heteroatoms. The summed E-state index contributed by atoms with van der Waals surface area (Å²) in [6.07, 6.45) is 1.99. The van der Waals surface area contributed by atoms with Crippen molar-refractivity contribution >= 4 is 15.9 Å². The molecule has 0 saturated carbocycles.